The smallest absolute Gasteiger partial charge is 0.338 e. The van der Waals surface area contributed by atoms with Gasteiger partial charge in [-0.15, -0.1) is 0 Å². The molecule has 6 nitrogen and oxygen atoms in total. The van der Waals surface area contributed by atoms with Gasteiger partial charge in [-0.05, 0) is 55.2 Å². The molecule has 0 aliphatic heterocycles. The van der Waals surface area contributed by atoms with E-state index in [4.69, 9.17) is 9.47 Å². The first kappa shape index (κ1) is 30.3. The summed E-state index contributed by atoms with van der Waals surface area (Å²) in [6.45, 7) is 5.43. The van der Waals surface area contributed by atoms with Crippen LogP contribution in [0.2, 0.25) is 0 Å². The summed E-state index contributed by atoms with van der Waals surface area (Å²) in [5.41, 5.74) is 2.65. The van der Waals surface area contributed by atoms with Crippen LogP contribution in [0.1, 0.15) is 59.8 Å². The number of ether oxygens (including phenoxy) is 2. The topological polar surface area (TPSA) is 81.7 Å². The number of amides is 1. The van der Waals surface area contributed by atoms with Crippen LogP contribution in [0.15, 0.2) is 115 Å². The maximum absolute atomic E-state index is 13.9. The van der Waals surface area contributed by atoms with Gasteiger partial charge < -0.3 is 14.8 Å². The minimum absolute atomic E-state index is 0.0656. The summed E-state index contributed by atoms with van der Waals surface area (Å²) in [5.74, 6) is -1.28. The van der Waals surface area contributed by atoms with Crippen molar-refractivity contribution in [3.8, 4) is 0 Å². The molecule has 1 N–H and O–H groups in total. The first-order valence-corrected chi connectivity index (χ1v) is 14.0. The average molecular weight is 564 g/mol. The van der Waals surface area contributed by atoms with Gasteiger partial charge in [-0.25, -0.2) is 9.59 Å². The van der Waals surface area contributed by atoms with Crippen LogP contribution >= 0.6 is 0 Å². The Balaban J connectivity index is 1.63. The number of nitrogens with one attached hydrogen (secondary N) is 1. The van der Waals surface area contributed by atoms with Gasteiger partial charge in [0.15, 0.2) is 0 Å². The van der Waals surface area contributed by atoms with Gasteiger partial charge >= 0.3 is 11.9 Å². The first-order valence-electron chi connectivity index (χ1n) is 14.0. The highest BCUT2D eigenvalue weighted by molar-refractivity contribution is 5.90. The highest BCUT2D eigenvalue weighted by atomic mass is 16.6. The molecule has 1 amide bonds. The van der Waals surface area contributed by atoms with Crippen LogP contribution in [0.5, 0.6) is 0 Å². The van der Waals surface area contributed by atoms with Crippen LogP contribution in [0.3, 0.4) is 0 Å². The van der Waals surface area contributed by atoms with E-state index in [-0.39, 0.29) is 18.7 Å². The van der Waals surface area contributed by atoms with Crippen molar-refractivity contribution in [3.05, 3.63) is 143 Å². The quantitative estimate of drug-likeness (QED) is 0.182. The Morgan fingerprint density at radius 1 is 0.690 bits per heavy atom. The second-order valence-electron chi connectivity index (χ2n) is 11.2. The van der Waals surface area contributed by atoms with Crippen LogP contribution in [-0.4, -0.2) is 36.6 Å². The summed E-state index contributed by atoms with van der Waals surface area (Å²) >= 11 is 0. The van der Waals surface area contributed by atoms with Crippen molar-refractivity contribution in [3.63, 3.8) is 0 Å². The number of hydrogen-bond donors (Lipinski definition) is 1. The number of benzene rings is 4. The molecule has 0 radical (unpaired) electrons. The number of rotatable bonds is 10. The largest absolute Gasteiger partial charge is 0.467 e. The van der Waals surface area contributed by atoms with Gasteiger partial charge in [0.2, 0.25) is 5.91 Å². The molecule has 0 bridgehead atoms. The van der Waals surface area contributed by atoms with E-state index >= 15 is 0 Å². The van der Waals surface area contributed by atoms with Crippen molar-refractivity contribution < 1.29 is 23.9 Å². The van der Waals surface area contributed by atoms with E-state index in [1.54, 1.807) is 24.3 Å². The Morgan fingerprint density at radius 2 is 1.14 bits per heavy atom. The lowest BCUT2D eigenvalue weighted by molar-refractivity contribution is -0.145. The molecule has 0 aromatic heterocycles. The summed E-state index contributed by atoms with van der Waals surface area (Å²) in [7, 11) is 1.30. The predicted molar refractivity (Wildman–Crippen MR) is 163 cm³/mol. The Bertz CT molecular complexity index is 1380. The molecule has 0 spiro atoms. The SMILES string of the molecule is COC(=O)[C@H](Cc1ccc(C(=O)OC(C)(C)C)cc1)NC(=O)CC(c1ccccc1)(c1ccccc1)c1ccccc1. The van der Waals surface area contributed by atoms with Crippen molar-refractivity contribution in [2.45, 2.75) is 50.7 Å². The lowest BCUT2D eigenvalue weighted by Crippen LogP contribution is -2.46. The maximum atomic E-state index is 13.9. The molecule has 0 aliphatic carbocycles. The fraction of sp³-hybridized carbons (Fsp3) is 0.250. The maximum Gasteiger partial charge on any atom is 0.338 e. The van der Waals surface area contributed by atoms with Gasteiger partial charge in [0.05, 0.1) is 18.1 Å². The van der Waals surface area contributed by atoms with E-state index in [0.717, 1.165) is 22.3 Å². The van der Waals surface area contributed by atoms with E-state index in [1.165, 1.54) is 7.11 Å². The van der Waals surface area contributed by atoms with Crippen LogP contribution < -0.4 is 5.32 Å². The molecule has 0 fully saturated rings. The average Bonchev–Trinajstić information content (AvgIpc) is 3.00. The monoisotopic (exact) mass is 563 g/mol. The van der Waals surface area contributed by atoms with E-state index in [1.807, 2.05) is 112 Å². The van der Waals surface area contributed by atoms with Crippen molar-refractivity contribution in [1.82, 2.24) is 5.32 Å². The van der Waals surface area contributed by atoms with E-state index in [0.29, 0.717) is 5.56 Å². The minimum Gasteiger partial charge on any atom is -0.467 e. The molecular formula is C36H37NO5. The van der Waals surface area contributed by atoms with Crippen molar-refractivity contribution in [2.75, 3.05) is 7.11 Å². The molecule has 0 aliphatic rings. The second kappa shape index (κ2) is 13.3. The molecule has 42 heavy (non-hydrogen) atoms. The predicted octanol–water partition coefficient (Wildman–Crippen LogP) is 6.27. The van der Waals surface area contributed by atoms with Crippen molar-refractivity contribution in [2.24, 2.45) is 0 Å². The summed E-state index contributed by atoms with van der Waals surface area (Å²) in [6.07, 6.45) is 0.262. The number of hydrogen-bond acceptors (Lipinski definition) is 5. The second-order valence-corrected chi connectivity index (χ2v) is 11.2. The Kier molecular flexibility index (Phi) is 9.58. The summed E-state index contributed by atoms with van der Waals surface area (Å²) in [6, 6.07) is 35.7. The molecule has 0 saturated carbocycles. The molecule has 0 saturated heterocycles. The van der Waals surface area contributed by atoms with Crippen molar-refractivity contribution >= 4 is 17.8 Å². The first-order chi connectivity index (χ1) is 20.1. The number of carbonyl (C=O) groups excluding carboxylic acids is 3. The fourth-order valence-electron chi connectivity index (χ4n) is 5.15. The van der Waals surface area contributed by atoms with Gasteiger partial charge in [0.25, 0.3) is 0 Å². The summed E-state index contributed by atoms with van der Waals surface area (Å²) in [5, 5.41) is 2.94. The summed E-state index contributed by atoms with van der Waals surface area (Å²) < 4.78 is 10.5. The lowest BCUT2D eigenvalue weighted by Gasteiger charge is -2.36. The molecule has 6 heteroatoms. The van der Waals surface area contributed by atoms with Crippen LogP contribution in [0, 0.1) is 0 Å². The zero-order valence-electron chi connectivity index (χ0n) is 24.5. The Morgan fingerprint density at radius 3 is 1.55 bits per heavy atom. The van der Waals surface area contributed by atoms with Crippen LogP contribution in [-0.2, 0) is 30.9 Å². The summed E-state index contributed by atoms with van der Waals surface area (Å²) in [4.78, 5) is 39.2. The third kappa shape index (κ3) is 7.32. The lowest BCUT2D eigenvalue weighted by atomic mass is 9.67. The molecule has 0 unspecified atom stereocenters. The molecule has 1 atom stereocenters. The van der Waals surface area contributed by atoms with Crippen LogP contribution in [0.4, 0.5) is 0 Å². The molecule has 4 rings (SSSR count). The minimum atomic E-state index is -0.921. The third-order valence-corrected chi connectivity index (χ3v) is 7.07. The fourth-order valence-corrected chi connectivity index (χ4v) is 5.15. The molecular weight excluding hydrogens is 526 g/mol. The van der Waals surface area contributed by atoms with Crippen LogP contribution in [0.25, 0.3) is 0 Å². The Hall–Kier alpha value is -4.71. The third-order valence-electron chi connectivity index (χ3n) is 7.07. The number of esters is 2. The highest BCUT2D eigenvalue weighted by Gasteiger charge is 2.39. The van der Waals surface area contributed by atoms with E-state index < -0.39 is 29.0 Å². The van der Waals surface area contributed by atoms with E-state index in [9.17, 15) is 14.4 Å². The van der Waals surface area contributed by atoms with Gasteiger partial charge in [-0.2, -0.15) is 0 Å². The molecule has 216 valence electrons. The van der Waals surface area contributed by atoms with Gasteiger partial charge in [-0.1, -0.05) is 103 Å². The number of methoxy groups -OCH3 is 1. The Labute approximate surface area is 247 Å². The number of carbonyl (C=O) groups is 3. The van der Waals surface area contributed by atoms with Gasteiger partial charge in [0.1, 0.15) is 11.6 Å². The van der Waals surface area contributed by atoms with E-state index in [2.05, 4.69) is 5.32 Å². The van der Waals surface area contributed by atoms with Gasteiger partial charge in [-0.3, -0.25) is 4.79 Å². The molecule has 4 aromatic carbocycles. The zero-order valence-corrected chi connectivity index (χ0v) is 24.5. The van der Waals surface area contributed by atoms with Crippen molar-refractivity contribution in [1.29, 1.82) is 0 Å². The standard InChI is InChI=1S/C36H37NO5/c1-35(2,3)42-33(39)27-22-20-26(21-23-27)24-31(34(40)41-4)37-32(38)25-36(28-14-8-5-9-15-28,29-16-10-6-11-17-29)30-18-12-7-13-19-30/h5-23,31H,24-25H2,1-4H3,(H,37,38)/t31-/m0/s1. The molecule has 4 aromatic rings. The van der Waals surface area contributed by atoms with Gasteiger partial charge in [0, 0.05) is 12.8 Å². The highest BCUT2D eigenvalue weighted by Crippen LogP contribution is 2.42. The molecule has 0 heterocycles. The normalized spacial score (nSPS) is 12.2. The zero-order chi connectivity index (χ0) is 30.2.